The minimum absolute atomic E-state index is 0. The van der Waals surface area contributed by atoms with E-state index in [0.717, 1.165) is 0 Å². The van der Waals surface area contributed by atoms with Crippen molar-refractivity contribution >= 4 is 50.0 Å². The topological polar surface area (TPSA) is 80.4 Å². The average molecular weight is 235 g/mol. The molecule has 78 valence electrons. The van der Waals surface area contributed by atoms with E-state index in [-0.39, 0.29) is 44.2 Å². The predicted molar refractivity (Wildman–Crippen MR) is 59.7 cm³/mol. The third-order valence-electron chi connectivity index (χ3n) is 1.94. The van der Waals surface area contributed by atoms with Gasteiger partial charge in [-0.1, -0.05) is 24.3 Å². The summed E-state index contributed by atoms with van der Waals surface area (Å²) in [6.45, 7) is 0. The molecule has 5 heteroatoms. The minimum atomic E-state index is -1.06. The first-order valence-electron chi connectivity index (χ1n) is 4.16. The SMILES string of the molecule is N[C@@H](Cc1ccccc1C=O)C(=O)O.[CaH2]. The van der Waals surface area contributed by atoms with Crippen molar-refractivity contribution in [2.24, 2.45) is 5.73 Å². The Kier molecular flexibility index (Phi) is 6.76. The van der Waals surface area contributed by atoms with Gasteiger partial charge in [0.1, 0.15) is 12.3 Å². The first-order valence-corrected chi connectivity index (χ1v) is 4.16. The van der Waals surface area contributed by atoms with Gasteiger partial charge in [-0.25, -0.2) is 0 Å². The molecule has 0 amide bonds. The Hall–Kier alpha value is -0.420. The van der Waals surface area contributed by atoms with Crippen LogP contribution in [0.25, 0.3) is 0 Å². The van der Waals surface area contributed by atoms with Gasteiger partial charge >= 0.3 is 43.7 Å². The van der Waals surface area contributed by atoms with Gasteiger partial charge in [0.2, 0.25) is 0 Å². The van der Waals surface area contributed by atoms with Crippen LogP contribution in [0.5, 0.6) is 0 Å². The Morgan fingerprint density at radius 1 is 1.47 bits per heavy atom. The number of hydrogen-bond donors (Lipinski definition) is 2. The summed E-state index contributed by atoms with van der Waals surface area (Å²) in [7, 11) is 0. The van der Waals surface area contributed by atoms with E-state index in [9.17, 15) is 9.59 Å². The molecule has 1 aromatic rings. The van der Waals surface area contributed by atoms with Gasteiger partial charge in [-0.05, 0) is 12.0 Å². The molecule has 0 aromatic heterocycles. The Morgan fingerprint density at radius 3 is 2.60 bits per heavy atom. The van der Waals surface area contributed by atoms with Crippen molar-refractivity contribution in [2.45, 2.75) is 12.5 Å². The molecule has 0 aliphatic heterocycles. The van der Waals surface area contributed by atoms with Gasteiger partial charge in [0.15, 0.2) is 0 Å². The van der Waals surface area contributed by atoms with Gasteiger partial charge < -0.3 is 10.8 Å². The number of aliphatic carboxylic acids is 1. The van der Waals surface area contributed by atoms with Crippen LogP contribution in [0.1, 0.15) is 15.9 Å². The standard InChI is InChI=1S/C10H11NO3.Ca.2H/c11-9(10(13)14)5-7-3-1-2-4-8(7)6-12;;;/h1-4,6,9H,5,11H2,(H,13,14);;;/t9-;;;/m0.../s1. The van der Waals surface area contributed by atoms with Crippen molar-refractivity contribution in [2.75, 3.05) is 0 Å². The molecule has 0 fully saturated rings. The second-order valence-corrected chi connectivity index (χ2v) is 2.97. The van der Waals surface area contributed by atoms with Crippen molar-refractivity contribution in [1.82, 2.24) is 0 Å². The van der Waals surface area contributed by atoms with Crippen LogP contribution < -0.4 is 5.73 Å². The number of nitrogens with two attached hydrogens (primary N) is 1. The van der Waals surface area contributed by atoms with Crippen LogP contribution in [0, 0.1) is 0 Å². The van der Waals surface area contributed by atoms with E-state index in [1.807, 2.05) is 0 Å². The molecule has 3 N–H and O–H groups in total. The summed E-state index contributed by atoms with van der Waals surface area (Å²) in [4.78, 5) is 21.1. The van der Waals surface area contributed by atoms with Gasteiger partial charge in [-0.3, -0.25) is 9.59 Å². The zero-order valence-corrected chi connectivity index (χ0v) is 7.51. The number of carbonyl (C=O) groups excluding carboxylic acids is 1. The molecule has 0 heterocycles. The van der Waals surface area contributed by atoms with E-state index in [2.05, 4.69) is 0 Å². The fraction of sp³-hybridized carbons (Fsp3) is 0.200. The van der Waals surface area contributed by atoms with Crippen LogP contribution in [0.4, 0.5) is 0 Å². The summed E-state index contributed by atoms with van der Waals surface area (Å²) in [6, 6.07) is 5.84. The van der Waals surface area contributed by atoms with E-state index in [0.29, 0.717) is 17.4 Å². The number of carbonyl (C=O) groups is 2. The summed E-state index contributed by atoms with van der Waals surface area (Å²) in [5.74, 6) is -1.06. The van der Waals surface area contributed by atoms with E-state index < -0.39 is 12.0 Å². The van der Waals surface area contributed by atoms with Crippen molar-refractivity contribution in [1.29, 1.82) is 0 Å². The maximum atomic E-state index is 10.6. The molecule has 0 saturated heterocycles. The average Bonchev–Trinajstić information content (AvgIpc) is 2.18. The summed E-state index contributed by atoms with van der Waals surface area (Å²) in [5, 5.41) is 8.59. The first kappa shape index (κ1) is 14.6. The van der Waals surface area contributed by atoms with Crippen molar-refractivity contribution in [3.8, 4) is 0 Å². The Morgan fingerprint density at radius 2 is 2.07 bits per heavy atom. The fourth-order valence-electron chi connectivity index (χ4n) is 1.16. The molecule has 0 radical (unpaired) electrons. The number of hydrogen-bond acceptors (Lipinski definition) is 3. The van der Waals surface area contributed by atoms with Crippen LogP contribution in [-0.2, 0) is 11.2 Å². The quantitative estimate of drug-likeness (QED) is 0.546. The van der Waals surface area contributed by atoms with E-state index in [1.165, 1.54) is 0 Å². The Bertz CT molecular complexity index is 354. The molecule has 0 aliphatic rings. The normalized spacial score (nSPS) is 11.3. The van der Waals surface area contributed by atoms with Gasteiger partial charge in [-0.2, -0.15) is 0 Å². The molecule has 1 atom stereocenters. The Balaban J connectivity index is 0.00000196. The second-order valence-electron chi connectivity index (χ2n) is 2.97. The van der Waals surface area contributed by atoms with Gasteiger partial charge in [0, 0.05) is 5.56 Å². The molecule has 0 spiro atoms. The number of carboxylic acid groups (broad SMARTS) is 1. The van der Waals surface area contributed by atoms with E-state index in [4.69, 9.17) is 10.8 Å². The summed E-state index contributed by atoms with van der Waals surface area (Å²) in [5.41, 5.74) is 6.51. The predicted octanol–water partition coefficient (Wildman–Crippen LogP) is -0.463. The summed E-state index contributed by atoms with van der Waals surface area (Å²) in [6.07, 6.45) is 0.869. The zero-order valence-electron chi connectivity index (χ0n) is 7.51. The second kappa shape index (κ2) is 6.95. The van der Waals surface area contributed by atoms with Gasteiger partial charge in [0.25, 0.3) is 0 Å². The van der Waals surface area contributed by atoms with Crippen molar-refractivity contribution in [3.63, 3.8) is 0 Å². The molecule has 0 aliphatic carbocycles. The first-order chi connectivity index (χ1) is 6.65. The number of rotatable bonds is 4. The van der Waals surface area contributed by atoms with Gasteiger partial charge in [0.05, 0.1) is 0 Å². The molecular formula is C10H13CaNO3. The Labute approximate surface area is 117 Å². The number of benzene rings is 1. The van der Waals surface area contributed by atoms with Crippen LogP contribution in [-0.4, -0.2) is 61.1 Å². The zero-order chi connectivity index (χ0) is 10.6. The van der Waals surface area contributed by atoms with Crippen LogP contribution in [0.3, 0.4) is 0 Å². The van der Waals surface area contributed by atoms with Crippen LogP contribution in [0.15, 0.2) is 24.3 Å². The third-order valence-corrected chi connectivity index (χ3v) is 1.94. The van der Waals surface area contributed by atoms with Gasteiger partial charge in [-0.15, -0.1) is 0 Å². The van der Waals surface area contributed by atoms with Crippen LogP contribution >= 0.6 is 0 Å². The fourth-order valence-corrected chi connectivity index (χ4v) is 1.16. The molecule has 15 heavy (non-hydrogen) atoms. The monoisotopic (exact) mass is 235 g/mol. The summed E-state index contributed by atoms with van der Waals surface area (Å²) >= 11 is 0. The maximum absolute atomic E-state index is 10.6. The number of aldehydes is 1. The molecular weight excluding hydrogens is 222 g/mol. The number of carboxylic acids is 1. The molecule has 1 rings (SSSR count). The third kappa shape index (κ3) is 4.30. The van der Waals surface area contributed by atoms with Crippen molar-refractivity contribution < 1.29 is 14.7 Å². The van der Waals surface area contributed by atoms with Crippen LogP contribution in [0.2, 0.25) is 0 Å². The van der Waals surface area contributed by atoms with E-state index >= 15 is 0 Å². The molecule has 0 unspecified atom stereocenters. The van der Waals surface area contributed by atoms with Crippen molar-refractivity contribution in [3.05, 3.63) is 35.4 Å². The molecule has 0 saturated carbocycles. The molecule has 4 nitrogen and oxygen atoms in total. The molecule has 1 aromatic carbocycles. The summed E-state index contributed by atoms with van der Waals surface area (Å²) < 4.78 is 0. The molecule has 0 bridgehead atoms. The van der Waals surface area contributed by atoms with E-state index in [1.54, 1.807) is 24.3 Å².